The fourth-order valence-electron chi connectivity index (χ4n) is 1.29. The first-order chi connectivity index (χ1) is 6.75. The molecule has 0 aliphatic carbocycles. The molecule has 0 radical (unpaired) electrons. The second kappa shape index (κ2) is 4.43. The fourth-order valence-corrected chi connectivity index (χ4v) is 1.73. The van der Waals surface area contributed by atoms with Crippen molar-refractivity contribution in [2.24, 2.45) is 0 Å². The first-order valence-corrected chi connectivity index (χ1v) is 5.52. The molecule has 0 aromatic heterocycles. The fraction of sp³-hybridized carbons (Fsp3) is 0.455. The Bertz CT molecular complexity index is 310. The van der Waals surface area contributed by atoms with Crippen LogP contribution in [0.4, 0.5) is 0 Å². The van der Waals surface area contributed by atoms with Crippen LogP contribution in [-0.4, -0.2) is 18.8 Å². The third-order valence-electron chi connectivity index (χ3n) is 2.28. The van der Waals surface area contributed by atoms with Crippen molar-refractivity contribution < 1.29 is 9.47 Å². The molecule has 0 saturated carbocycles. The number of rotatable bonds is 4. The highest BCUT2D eigenvalue weighted by Gasteiger charge is 2.29. The Morgan fingerprint density at radius 1 is 1.64 bits per heavy atom. The normalized spacial score (nSPS) is 22.0. The van der Waals surface area contributed by atoms with Crippen LogP contribution in [0.3, 0.4) is 0 Å². The highest BCUT2D eigenvalue weighted by Crippen LogP contribution is 2.18. The molecule has 3 heteroatoms. The zero-order chi connectivity index (χ0) is 9.97. The van der Waals surface area contributed by atoms with Gasteiger partial charge in [-0.25, -0.2) is 0 Å². The van der Waals surface area contributed by atoms with Gasteiger partial charge in [-0.3, -0.25) is 0 Å². The Kier molecular flexibility index (Phi) is 3.21. The van der Waals surface area contributed by atoms with Crippen LogP contribution in [0.1, 0.15) is 12.5 Å². The van der Waals surface area contributed by atoms with Gasteiger partial charge in [0, 0.05) is 4.47 Å². The summed E-state index contributed by atoms with van der Waals surface area (Å²) >= 11 is 3.43. The first kappa shape index (κ1) is 10.1. The largest absolute Gasteiger partial charge is 0.371 e. The number of halogens is 1. The van der Waals surface area contributed by atoms with Gasteiger partial charge in [0.2, 0.25) is 0 Å². The molecule has 1 fully saturated rings. The maximum Gasteiger partial charge on any atom is 0.107 e. The Labute approximate surface area is 92.3 Å². The van der Waals surface area contributed by atoms with Gasteiger partial charge in [-0.15, -0.1) is 0 Å². The van der Waals surface area contributed by atoms with Crippen LogP contribution in [0.5, 0.6) is 0 Å². The van der Waals surface area contributed by atoms with Gasteiger partial charge in [-0.1, -0.05) is 28.1 Å². The Morgan fingerprint density at radius 3 is 3.07 bits per heavy atom. The van der Waals surface area contributed by atoms with Crippen LogP contribution in [0.15, 0.2) is 28.7 Å². The summed E-state index contributed by atoms with van der Waals surface area (Å²) in [6, 6.07) is 8.16. The number of hydrogen-bond acceptors (Lipinski definition) is 2. The van der Waals surface area contributed by atoms with E-state index >= 15 is 0 Å². The molecule has 0 N–H and O–H groups in total. The lowest BCUT2D eigenvalue weighted by atomic mass is 10.2. The first-order valence-electron chi connectivity index (χ1n) is 4.73. The van der Waals surface area contributed by atoms with Crippen LogP contribution in [0, 0.1) is 0 Å². The maximum absolute atomic E-state index is 5.66. The molecule has 14 heavy (non-hydrogen) atoms. The van der Waals surface area contributed by atoms with Crippen molar-refractivity contribution in [2.75, 3.05) is 6.61 Å². The SMILES string of the molecule is C[C@H](OCc1cccc(Br)c1)[C@@H]1CO1. The number of benzene rings is 1. The van der Waals surface area contributed by atoms with Crippen LogP contribution in [0.2, 0.25) is 0 Å². The molecule has 2 rings (SSSR count). The van der Waals surface area contributed by atoms with Crippen molar-refractivity contribution in [3.8, 4) is 0 Å². The summed E-state index contributed by atoms with van der Waals surface area (Å²) in [5.74, 6) is 0. The second-order valence-corrected chi connectivity index (χ2v) is 4.43. The number of hydrogen-bond donors (Lipinski definition) is 0. The zero-order valence-corrected chi connectivity index (χ0v) is 9.66. The lowest BCUT2D eigenvalue weighted by Gasteiger charge is -2.10. The number of epoxide rings is 1. The van der Waals surface area contributed by atoms with E-state index in [1.807, 2.05) is 12.1 Å². The summed E-state index contributed by atoms with van der Waals surface area (Å²) in [5, 5.41) is 0. The molecular weight excluding hydrogens is 244 g/mol. The highest BCUT2D eigenvalue weighted by molar-refractivity contribution is 9.10. The molecule has 1 aromatic rings. The van der Waals surface area contributed by atoms with Gasteiger partial charge in [0.1, 0.15) is 6.10 Å². The summed E-state index contributed by atoms with van der Waals surface area (Å²) in [6.07, 6.45) is 0.524. The summed E-state index contributed by atoms with van der Waals surface area (Å²) in [6.45, 7) is 3.55. The van der Waals surface area contributed by atoms with E-state index in [9.17, 15) is 0 Å². The van der Waals surface area contributed by atoms with Crippen molar-refractivity contribution in [1.82, 2.24) is 0 Å². The lowest BCUT2D eigenvalue weighted by Crippen LogP contribution is -2.14. The van der Waals surface area contributed by atoms with Gasteiger partial charge in [0.15, 0.2) is 0 Å². The van der Waals surface area contributed by atoms with Crippen LogP contribution in [0.25, 0.3) is 0 Å². The molecule has 0 spiro atoms. The molecule has 2 nitrogen and oxygen atoms in total. The van der Waals surface area contributed by atoms with Gasteiger partial charge in [-0.2, -0.15) is 0 Å². The van der Waals surface area contributed by atoms with Gasteiger partial charge in [-0.05, 0) is 24.6 Å². The van der Waals surface area contributed by atoms with E-state index in [-0.39, 0.29) is 6.10 Å². The third kappa shape index (κ3) is 2.80. The minimum Gasteiger partial charge on any atom is -0.371 e. The summed E-state index contributed by atoms with van der Waals surface area (Å²) in [4.78, 5) is 0. The average molecular weight is 257 g/mol. The topological polar surface area (TPSA) is 21.8 Å². The van der Waals surface area contributed by atoms with Crippen LogP contribution in [-0.2, 0) is 16.1 Å². The molecule has 1 aliphatic heterocycles. The number of ether oxygens (including phenoxy) is 2. The van der Waals surface area contributed by atoms with Crippen LogP contribution < -0.4 is 0 Å². The Balaban J connectivity index is 1.84. The molecule has 0 amide bonds. The van der Waals surface area contributed by atoms with Crippen LogP contribution >= 0.6 is 15.9 Å². The van der Waals surface area contributed by atoms with Gasteiger partial charge in [0.25, 0.3) is 0 Å². The Hall–Kier alpha value is -0.380. The second-order valence-electron chi connectivity index (χ2n) is 3.52. The van der Waals surface area contributed by atoms with E-state index in [1.54, 1.807) is 0 Å². The predicted molar refractivity (Wildman–Crippen MR) is 58.1 cm³/mol. The van der Waals surface area contributed by atoms with E-state index in [0.717, 1.165) is 11.1 Å². The average Bonchev–Trinajstić information content (AvgIpc) is 2.97. The molecule has 1 aromatic carbocycles. The standard InChI is InChI=1S/C11H13BrO2/c1-8(11-7-14-11)13-6-9-3-2-4-10(12)5-9/h2-5,8,11H,6-7H2,1H3/t8-,11-/m0/s1. The molecule has 1 saturated heterocycles. The van der Waals surface area contributed by atoms with E-state index in [4.69, 9.17) is 9.47 Å². The van der Waals surface area contributed by atoms with Crippen molar-refractivity contribution in [3.63, 3.8) is 0 Å². The molecule has 1 heterocycles. The van der Waals surface area contributed by atoms with Crippen molar-refractivity contribution >= 4 is 15.9 Å². The summed E-state index contributed by atoms with van der Waals surface area (Å²) in [5.41, 5.74) is 1.19. The van der Waals surface area contributed by atoms with Gasteiger partial charge in [0.05, 0.1) is 19.3 Å². The van der Waals surface area contributed by atoms with Crippen molar-refractivity contribution in [2.45, 2.75) is 25.7 Å². The molecule has 2 atom stereocenters. The van der Waals surface area contributed by atoms with Gasteiger partial charge < -0.3 is 9.47 Å². The van der Waals surface area contributed by atoms with Crippen molar-refractivity contribution in [3.05, 3.63) is 34.3 Å². The third-order valence-corrected chi connectivity index (χ3v) is 2.78. The summed E-state index contributed by atoms with van der Waals surface area (Å²) < 4.78 is 11.9. The predicted octanol–water partition coefficient (Wildman–Crippen LogP) is 2.75. The quantitative estimate of drug-likeness (QED) is 0.773. The van der Waals surface area contributed by atoms with Gasteiger partial charge >= 0.3 is 0 Å². The van der Waals surface area contributed by atoms with E-state index in [0.29, 0.717) is 12.7 Å². The molecule has 1 aliphatic rings. The van der Waals surface area contributed by atoms with E-state index < -0.39 is 0 Å². The smallest absolute Gasteiger partial charge is 0.107 e. The molecule has 76 valence electrons. The monoisotopic (exact) mass is 256 g/mol. The zero-order valence-electron chi connectivity index (χ0n) is 8.07. The Morgan fingerprint density at radius 2 is 2.43 bits per heavy atom. The highest BCUT2D eigenvalue weighted by atomic mass is 79.9. The molecule has 0 bridgehead atoms. The molecule has 0 unspecified atom stereocenters. The maximum atomic E-state index is 5.66. The lowest BCUT2D eigenvalue weighted by molar-refractivity contribution is 0.0340. The van der Waals surface area contributed by atoms with E-state index in [2.05, 4.69) is 35.0 Å². The minimum atomic E-state index is 0.203. The molecular formula is C11H13BrO2. The summed E-state index contributed by atoms with van der Waals surface area (Å²) in [7, 11) is 0. The van der Waals surface area contributed by atoms with E-state index in [1.165, 1.54) is 5.56 Å². The van der Waals surface area contributed by atoms with Crippen molar-refractivity contribution in [1.29, 1.82) is 0 Å². The minimum absolute atomic E-state index is 0.203.